The van der Waals surface area contributed by atoms with E-state index < -0.39 is 0 Å². The highest BCUT2D eigenvalue weighted by atomic mass is 79.9. The zero-order valence-electron chi connectivity index (χ0n) is 11.8. The van der Waals surface area contributed by atoms with Crippen LogP contribution < -0.4 is 5.32 Å². The summed E-state index contributed by atoms with van der Waals surface area (Å²) in [5, 5.41) is 3.36. The molecule has 1 aromatic carbocycles. The van der Waals surface area contributed by atoms with Gasteiger partial charge in [-0.05, 0) is 38.8 Å². The SMILES string of the molecule is CCNc1nc(C2CC2)nc(-c2cccc(Br)c2)c1C. The van der Waals surface area contributed by atoms with E-state index in [1.54, 1.807) is 0 Å². The molecular formula is C16H18BrN3. The van der Waals surface area contributed by atoms with Gasteiger partial charge >= 0.3 is 0 Å². The molecule has 2 aromatic rings. The van der Waals surface area contributed by atoms with Crippen molar-refractivity contribution in [1.29, 1.82) is 0 Å². The maximum Gasteiger partial charge on any atom is 0.134 e. The van der Waals surface area contributed by atoms with Gasteiger partial charge in [-0.3, -0.25) is 0 Å². The number of hydrogen-bond acceptors (Lipinski definition) is 3. The fourth-order valence-corrected chi connectivity index (χ4v) is 2.71. The molecule has 1 fully saturated rings. The van der Waals surface area contributed by atoms with Crippen LogP contribution in [0.4, 0.5) is 5.82 Å². The van der Waals surface area contributed by atoms with E-state index in [1.165, 1.54) is 12.8 Å². The Kier molecular flexibility index (Phi) is 3.74. The van der Waals surface area contributed by atoms with Crippen molar-refractivity contribution in [3.63, 3.8) is 0 Å². The van der Waals surface area contributed by atoms with Gasteiger partial charge in [-0.15, -0.1) is 0 Å². The lowest BCUT2D eigenvalue weighted by atomic mass is 10.1. The number of nitrogens with zero attached hydrogens (tertiary/aromatic N) is 2. The summed E-state index contributed by atoms with van der Waals surface area (Å²) in [6.07, 6.45) is 2.43. The molecule has 0 spiro atoms. The van der Waals surface area contributed by atoms with Crippen LogP contribution in [0.1, 0.15) is 37.1 Å². The fraction of sp³-hybridized carbons (Fsp3) is 0.375. The molecule has 104 valence electrons. The Hall–Kier alpha value is -1.42. The number of hydrogen-bond donors (Lipinski definition) is 1. The van der Waals surface area contributed by atoms with E-state index in [0.717, 1.165) is 39.5 Å². The van der Waals surface area contributed by atoms with Crippen LogP contribution in [0.2, 0.25) is 0 Å². The maximum atomic E-state index is 4.82. The summed E-state index contributed by atoms with van der Waals surface area (Å²) in [5.41, 5.74) is 3.30. The normalized spacial score (nSPS) is 14.3. The smallest absolute Gasteiger partial charge is 0.134 e. The van der Waals surface area contributed by atoms with E-state index in [2.05, 4.69) is 47.2 Å². The van der Waals surface area contributed by atoms with Gasteiger partial charge in [-0.2, -0.15) is 0 Å². The second-order valence-corrected chi connectivity index (χ2v) is 6.13. The van der Waals surface area contributed by atoms with Crippen molar-refractivity contribution in [2.24, 2.45) is 0 Å². The van der Waals surface area contributed by atoms with Crippen LogP contribution in [-0.4, -0.2) is 16.5 Å². The predicted octanol–water partition coefficient (Wildman–Crippen LogP) is 4.52. The van der Waals surface area contributed by atoms with Crippen LogP contribution in [0, 0.1) is 6.92 Å². The summed E-state index contributed by atoms with van der Waals surface area (Å²) in [7, 11) is 0. The summed E-state index contributed by atoms with van der Waals surface area (Å²) in [4.78, 5) is 9.52. The monoisotopic (exact) mass is 331 g/mol. The minimum absolute atomic E-state index is 0.555. The zero-order chi connectivity index (χ0) is 14.1. The molecule has 3 nitrogen and oxygen atoms in total. The number of halogens is 1. The Morgan fingerprint density at radius 2 is 2.10 bits per heavy atom. The molecule has 1 aromatic heterocycles. The fourth-order valence-electron chi connectivity index (χ4n) is 2.31. The minimum atomic E-state index is 0.555. The molecule has 0 unspecified atom stereocenters. The zero-order valence-corrected chi connectivity index (χ0v) is 13.4. The highest BCUT2D eigenvalue weighted by Crippen LogP contribution is 2.40. The Balaban J connectivity index is 2.12. The van der Waals surface area contributed by atoms with Gasteiger partial charge in [-0.1, -0.05) is 28.1 Å². The average molecular weight is 332 g/mol. The lowest BCUT2D eigenvalue weighted by Gasteiger charge is -2.13. The molecule has 1 saturated carbocycles. The quantitative estimate of drug-likeness (QED) is 0.894. The number of anilines is 1. The summed E-state index contributed by atoms with van der Waals surface area (Å²) < 4.78 is 1.07. The number of benzene rings is 1. The van der Waals surface area contributed by atoms with Crippen LogP contribution in [-0.2, 0) is 0 Å². The topological polar surface area (TPSA) is 37.8 Å². The summed E-state index contributed by atoms with van der Waals surface area (Å²) in [6, 6.07) is 8.30. The predicted molar refractivity (Wildman–Crippen MR) is 86.0 cm³/mol. The molecule has 0 radical (unpaired) electrons. The Labute approximate surface area is 128 Å². The Bertz CT molecular complexity index is 636. The molecule has 4 heteroatoms. The number of nitrogens with one attached hydrogen (secondary N) is 1. The Morgan fingerprint density at radius 1 is 1.30 bits per heavy atom. The third-order valence-corrected chi connectivity index (χ3v) is 4.04. The lowest BCUT2D eigenvalue weighted by molar-refractivity contribution is 0.918. The van der Waals surface area contributed by atoms with Crippen LogP contribution in [0.3, 0.4) is 0 Å². The van der Waals surface area contributed by atoms with Gasteiger partial charge in [0.25, 0.3) is 0 Å². The van der Waals surface area contributed by atoms with Crippen LogP contribution in [0.15, 0.2) is 28.7 Å². The van der Waals surface area contributed by atoms with Crippen LogP contribution in [0.5, 0.6) is 0 Å². The van der Waals surface area contributed by atoms with E-state index in [0.29, 0.717) is 5.92 Å². The van der Waals surface area contributed by atoms with Gasteiger partial charge in [0.1, 0.15) is 11.6 Å². The van der Waals surface area contributed by atoms with Gasteiger partial charge < -0.3 is 5.32 Å². The minimum Gasteiger partial charge on any atom is -0.370 e. The average Bonchev–Trinajstić information content (AvgIpc) is 3.26. The van der Waals surface area contributed by atoms with E-state index in [9.17, 15) is 0 Å². The molecule has 1 heterocycles. The van der Waals surface area contributed by atoms with Gasteiger partial charge in [0.05, 0.1) is 5.69 Å². The number of rotatable bonds is 4. The van der Waals surface area contributed by atoms with E-state index in [-0.39, 0.29) is 0 Å². The first-order valence-electron chi connectivity index (χ1n) is 7.07. The van der Waals surface area contributed by atoms with E-state index in [1.807, 2.05) is 12.1 Å². The third-order valence-electron chi connectivity index (χ3n) is 3.55. The summed E-state index contributed by atoms with van der Waals surface area (Å²) >= 11 is 3.53. The first-order valence-corrected chi connectivity index (χ1v) is 7.86. The summed E-state index contributed by atoms with van der Waals surface area (Å²) in [6.45, 7) is 5.06. The molecule has 1 aliphatic rings. The van der Waals surface area contributed by atoms with Crippen LogP contribution in [0.25, 0.3) is 11.3 Å². The first kappa shape index (κ1) is 13.6. The molecule has 20 heavy (non-hydrogen) atoms. The molecule has 1 N–H and O–H groups in total. The largest absolute Gasteiger partial charge is 0.370 e. The molecule has 0 bridgehead atoms. The summed E-state index contributed by atoms with van der Waals surface area (Å²) in [5.74, 6) is 2.51. The Morgan fingerprint density at radius 3 is 2.75 bits per heavy atom. The van der Waals surface area contributed by atoms with Crippen LogP contribution >= 0.6 is 15.9 Å². The third kappa shape index (κ3) is 2.70. The first-order chi connectivity index (χ1) is 9.69. The molecule has 0 aliphatic heterocycles. The second-order valence-electron chi connectivity index (χ2n) is 5.22. The van der Waals surface area contributed by atoms with E-state index >= 15 is 0 Å². The van der Waals surface area contributed by atoms with Crippen molar-refractivity contribution in [2.75, 3.05) is 11.9 Å². The highest BCUT2D eigenvalue weighted by molar-refractivity contribution is 9.10. The van der Waals surface area contributed by atoms with Crippen molar-refractivity contribution in [1.82, 2.24) is 9.97 Å². The van der Waals surface area contributed by atoms with Crippen molar-refractivity contribution in [3.8, 4) is 11.3 Å². The maximum absolute atomic E-state index is 4.82. The molecule has 1 aliphatic carbocycles. The standard InChI is InChI=1S/C16H18BrN3/c1-3-18-15-10(2)14(12-5-4-6-13(17)9-12)19-16(20-15)11-7-8-11/h4-6,9,11H,3,7-8H2,1-2H3,(H,18,19,20). The van der Waals surface area contributed by atoms with Crippen molar-refractivity contribution >= 4 is 21.7 Å². The lowest BCUT2D eigenvalue weighted by Crippen LogP contribution is -2.07. The van der Waals surface area contributed by atoms with E-state index in [4.69, 9.17) is 9.97 Å². The second kappa shape index (κ2) is 5.52. The molecule has 0 amide bonds. The van der Waals surface area contributed by atoms with Gasteiger partial charge in [-0.25, -0.2) is 9.97 Å². The van der Waals surface area contributed by atoms with Gasteiger partial charge in [0.15, 0.2) is 0 Å². The molecule has 3 rings (SSSR count). The number of aromatic nitrogens is 2. The molecule has 0 atom stereocenters. The molecular weight excluding hydrogens is 314 g/mol. The van der Waals surface area contributed by atoms with Crippen molar-refractivity contribution in [3.05, 3.63) is 40.1 Å². The van der Waals surface area contributed by atoms with Gasteiger partial charge in [0.2, 0.25) is 0 Å². The van der Waals surface area contributed by atoms with Crippen molar-refractivity contribution in [2.45, 2.75) is 32.6 Å². The highest BCUT2D eigenvalue weighted by Gasteiger charge is 2.28. The van der Waals surface area contributed by atoms with Crippen molar-refractivity contribution < 1.29 is 0 Å². The van der Waals surface area contributed by atoms with Gasteiger partial charge in [0, 0.05) is 28.1 Å². The molecule has 0 saturated heterocycles.